The summed E-state index contributed by atoms with van der Waals surface area (Å²) in [6.45, 7) is 2.26. The molecule has 1 saturated heterocycles. The van der Waals surface area contributed by atoms with Gasteiger partial charge in [-0.25, -0.2) is 0 Å². The van der Waals surface area contributed by atoms with E-state index in [1.807, 2.05) is 24.3 Å². The zero-order valence-corrected chi connectivity index (χ0v) is 16.0. The lowest BCUT2D eigenvalue weighted by atomic mass is 10.0. The van der Waals surface area contributed by atoms with Crippen molar-refractivity contribution in [3.05, 3.63) is 53.6 Å². The lowest BCUT2D eigenvalue weighted by Gasteiger charge is -2.20. The molecule has 2 aliphatic rings. The quantitative estimate of drug-likeness (QED) is 0.573. The molecule has 5 rings (SSSR count). The lowest BCUT2D eigenvalue weighted by molar-refractivity contribution is 0.494. The lowest BCUT2D eigenvalue weighted by Crippen LogP contribution is -2.22. The average molecular weight is 386 g/mol. The molecular formula is C21H21Cl2N3. The normalized spacial score (nSPS) is 21.7. The minimum absolute atomic E-state index is 0. The van der Waals surface area contributed by atoms with Gasteiger partial charge in [-0.3, -0.25) is 0 Å². The van der Waals surface area contributed by atoms with Crippen molar-refractivity contribution in [2.75, 3.05) is 18.0 Å². The summed E-state index contributed by atoms with van der Waals surface area (Å²) in [7, 11) is 0. The van der Waals surface area contributed by atoms with Crippen LogP contribution in [0.15, 0.2) is 48.5 Å². The number of anilines is 1. The highest BCUT2D eigenvalue weighted by molar-refractivity contribution is 6.30. The van der Waals surface area contributed by atoms with Crippen molar-refractivity contribution in [1.82, 2.24) is 10.2 Å². The van der Waals surface area contributed by atoms with Crippen molar-refractivity contribution in [2.45, 2.75) is 19.3 Å². The molecule has 0 bridgehead atoms. The van der Waals surface area contributed by atoms with Gasteiger partial charge in [0.1, 0.15) is 5.69 Å². The van der Waals surface area contributed by atoms with Gasteiger partial charge in [0.05, 0.1) is 0 Å². The van der Waals surface area contributed by atoms with E-state index in [0.717, 1.165) is 52.4 Å². The molecular weight excluding hydrogens is 365 g/mol. The van der Waals surface area contributed by atoms with Gasteiger partial charge in [-0.1, -0.05) is 54.4 Å². The Morgan fingerprint density at radius 1 is 0.846 bits per heavy atom. The van der Waals surface area contributed by atoms with Crippen LogP contribution in [0.2, 0.25) is 5.02 Å². The number of hydrogen-bond acceptors (Lipinski definition) is 3. The molecule has 2 fully saturated rings. The number of fused-ring (bicyclic) bond motifs is 2. The summed E-state index contributed by atoms with van der Waals surface area (Å²) < 4.78 is 0. The molecule has 2 heterocycles. The predicted molar refractivity (Wildman–Crippen MR) is 110 cm³/mol. The highest BCUT2D eigenvalue weighted by Crippen LogP contribution is 2.41. The maximum atomic E-state index is 6.03. The Morgan fingerprint density at radius 3 is 2.19 bits per heavy atom. The Kier molecular flexibility index (Phi) is 4.76. The largest absolute Gasteiger partial charge is 0.354 e. The summed E-state index contributed by atoms with van der Waals surface area (Å²) in [6, 6.07) is 16.3. The summed E-state index contributed by atoms with van der Waals surface area (Å²) >= 11 is 6.03. The van der Waals surface area contributed by atoms with Crippen LogP contribution in [0.1, 0.15) is 19.3 Å². The zero-order chi connectivity index (χ0) is 16.8. The van der Waals surface area contributed by atoms with Gasteiger partial charge in [-0.2, -0.15) is 0 Å². The minimum Gasteiger partial charge on any atom is -0.354 e. The van der Waals surface area contributed by atoms with Gasteiger partial charge in [0.2, 0.25) is 0 Å². The van der Waals surface area contributed by atoms with Gasteiger partial charge in [0.15, 0.2) is 5.82 Å². The summed E-state index contributed by atoms with van der Waals surface area (Å²) in [6.07, 6.45) is 4.13. The van der Waals surface area contributed by atoms with Crippen LogP contribution in [0.3, 0.4) is 0 Å². The van der Waals surface area contributed by atoms with Crippen LogP contribution in [0.25, 0.3) is 22.0 Å². The van der Waals surface area contributed by atoms with Gasteiger partial charge in [-0.15, -0.1) is 22.6 Å². The highest BCUT2D eigenvalue weighted by Gasteiger charge is 2.37. The molecule has 1 saturated carbocycles. The van der Waals surface area contributed by atoms with E-state index in [1.54, 1.807) is 0 Å². The molecule has 3 aromatic rings. The fraction of sp³-hybridized carbons (Fsp3) is 0.333. The van der Waals surface area contributed by atoms with Crippen molar-refractivity contribution >= 4 is 40.6 Å². The van der Waals surface area contributed by atoms with Gasteiger partial charge < -0.3 is 4.90 Å². The zero-order valence-electron chi connectivity index (χ0n) is 14.4. The highest BCUT2D eigenvalue weighted by atomic mass is 35.5. The third-order valence-corrected chi connectivity index (χ3v) is 6.06. The molecule has 2 aromatic carbocycles. The third kappa shape index (κ3) is 2.93. The molecule has 134 valence electrons. The van der Waals surface area contributed by atoms with Crippen molar-refractivity contribution in [1.29, 1.82) is 0 Å². The second-order valence-corrected chi connectivity index (χ2v) is 7.72. The Balaban J connectivity index is 0.00000168. The van der Waals surface area contributed by atoms with Crippen molar-refractivity contribution in [3.63, 3.8) is 0 Å². The number of aromatic nitrogens is 2. The molecule has 3 nitrogen and oxygen atoms in total. The number of hydrogen-bond donors (Lipinski definition) is 0. The second kappa shape index (κ2) is 7.05. The van der Waals surface area contributed by atoms with E-state index in [4.69, 9.17) is 11.6 Å². The smallest absolute Gasteiger partial charge is 0.159 e. The SMILES string of the molecule is Cl.Clc1ccc(-c2nnc(N3CC4CCCC4C3)c3ccccc23)cc1. The molecule has 2 unspecified atom stereocenters. The van der Waals surface area contributed by atoms with Gasteiger partial charge in [-0.05, 0) is 36.8 Å². The van der Waals surface area contributed by atoms with Gasteiger partial charge >= 0.3 is 0 Å². The van der Waals surface area contributed by atoms with Crippen LogP contribution in [0.5, 0.6) is 0 Å². The first-order valence-electron chi connectivity index (χ1n) is 9.06. The fourth-order valence-electron chi connectivity index (χ4n) is 4.55. The fourth-order valence-corrected chi connectivity index (χ4v) is 4.68. The Morgan fingerprint density at radius 2 is 1.50 bits per heavy atom. The van der Waals surface area contributed by atoms with Gasteiger partial charge in [0, 0.05) is 34.4 Å². The van der Waals surface area contributed by atoms with Gasteiger partial charge in [0.25, 0.3) is 0 Å². The number of halogens is 2. The maximum absolute atomic E-state index is 6.03. The van der Waals surface area contributed by atoms with Crippen molar-refractivity contribution in [3.8, 4) is 11.3 Å². The molecule has 1 aliphatic heterocycles. The monoisotopic (exact) mass is 385 g/mol. The molecule has 0 N–H and O–H groups in total. The van der Waals surface area contributed by atoms with Crippen molar-refractivity contribution in [2.24, 2.45) is 11.8 Å². The predicted octanol–water partition coefficient (Wildman–Crippen LogP) is 5.61. The summed E-state index contributed by atoms with van der Waals surface area (Å²) in [5.41, 5.74) is 1.98. The minimum atomic E-state index is 0. The molecule has 0 spiro atoms. The summed E-state index contributed by atoms with van der Waals surface area (Å²) in [4.78, 5) is 2.45. The second-order valence-electron chi connectivity index (χ2n) is 7.28. The van der Waals surface area contributed by atoms with Crippen LogP contribution in [0.4, 0.5) is 5.82 Å². The topological polar surface area (TPSA) is 29.0 Å². The summed E-state index contributed by atoms with van der Waals surface area (Å²) in [5, 5.41) is 12.4. The number of rotatable bonds is 2. The first-order valence-corrected chi connectivity index (χ1v) is 9.44. The molecule has 1 aromatic heterocycles. The van der Waals surface area contributed by atoms with Crippen LogP contribution < -0.4 is 4.90 Å². The Hall–Kier alpha value is -1.84. The van der Waals surface area contributed by atoms with E-state index >= 15 is 0 Å². The standard InChI is InChI=1S/C21H20ClN3.ClH/c22-17-10-8-14(9-11-17)20-18-6-1-2-7-19(18)21(24-23-20)25-12-15-4-3-5-16(15)13-25;/h1-2,6-11,15-16H,3-5,12-13H2;1H. The molecule has 2 atom stereocenters. The first kappa shape index (κ1) is 17.6. The van der Waals surface area contributed by atoms with Crippen LogP contribution >= 0.6 is 24.0 Å². The molecule has 1 aliphatic carbocycles. The van der Waals surface area contributed by atoms with E-state index in [0.29, 0.717) is 0 Å². The van der Waals surface area contributed by atoms with E-state index in [9.17, 15) is 0 Å². The van der Waals surface area contributed by atoms with E-state index in [2.05, 4.69) is 39.4 Å². The Bertz CT molecular complexity index is 914. The Labute approximate surface area is 164 Å². The molecule has 0 radical (unpaired) electrons. The maximum Gasteiger partial charge on any atom is 0.159 e. The molecule has 0 amide bonds. The van der Waals surface area contributed by atoms with Crippen LogP contribution in [-0.4, -0.2) is 23.3 Å². The average Bonchev–Trinajstić information content (AvgIpc) is 3.23. The molecule has 5 heteroatoms. The molecule has 26 heavy (non-hydrogen) atoms. The number of nitrogens with zero attached hydrogens (tertiary/aromatic N) is 3. The van der Waals surface area contributed by atoms with Crippen LogP contribution in [0, 0.1) is 11.8 Å². The number of benzene rings is 2. The first-order chi connectivity index (χ1) is 12.3. The van der Waals surface area contributed by atoms with E-state index in [-0.39, 0.29) is 12.4 Å². The summed E-state index contributed by atoms with van der Waals surface area (Å²) in [5.74, 6) is 2.73. The van der Waals surface area contributed by atoms with E-state index < -0.39 is 0 Å². The van der Waals surface area contributed by atoms with E-state index in [1.165, 1.54) is 24.6 Å². The van der Waals surface area contributed by atoms with Crippen molar-refractivity contribution < 1.29 is 0 Å². The van der Waals surface area contributed by atoms with Crippen LogP contribution in [-0.2, 0) is 0 Å². The third-order valence-electron chi connectivity index (χ3n) is 5.81.